The van der Waals surface area contributed by atoms with Crippen molar-refractivity contribution in [2.45, 2.75) is 6.92 Å². The summed E-state index contributed by atoms with van der Waals surface area (Å²) in [6.45, 7) is 2.01. The molecule has 14 heavy (non-hydrogen) atoms. The molecule has 1 N–H and O–H groups in total. The number of anilines is 1. The van der Waals surface area contributed by atoms with Crippen molar-refractivity contribution in [3.05, 3.63) is 18.2 Å². The molecule has 0 radical (unpaired) electrons. The summed E-state index contributed by atoms with van der Waals surface area (Å²) >= 11 is 0. The Morgan fingerprint density at radius 3 is 2.79 bits per heavy atom. The van der Waals surface area contributed by atoms with Crippen LogP contribution in [0.4, 0.5) is 10.3 Å². The molecule has 6 heteroatoms. The third-order valence-corrected chi connectivity index (χ3v) is 1.32. The lowest BCUT2D eigenvalue weighted by Crippen LogP contribution is -2.17. The van der Waals surface area contributed by atoms with Crippen LogP contribution in [0.15, 0.2) is 12.4 Å². The number of aromatic nitrogens is 2. The first-order chi connectivity index (χ1) is 6.72. The molecule has 0 aliphatic rings. The molecule has 0 spiro atoms. The zero-order valence-corrected chi connectivity index (χ0v) is 7.66. The normalized spacial score (nSPS) is 9.57. The molecule has 0 saturated carbocycles. The first-order valence-corrected chi connectivity index (χ1v) is 4.09. The summed E-state index contributed by atoms with van der Waals surface area (Å²) in [4.78, 5) is 18.1. The van der Waals surface area contributed by atoms with Gasteiger partial charge in [0.2, 0.25) is 5.95 Å². The minimum absolute atomic E-state index is 0.0283. The first kappa shape index (κ1) is 10.4. The van der Waals surface area contributed by atoms with Crippen molar-refractivity contribution >= 4 is 11.9 Å². The molecule has 5 nitrogen and oxygen atoms in total. The molecule has 0 saturated heterocycles. The molecule has 0 atom stereocenters. The highest BCUT2D eigenvalue weighted by Crippen LogP contribution is 1.97. The average Bonchev–Trinajstić information content (AvgIpc) is 2.17. The Kier molecular flexibility index (Phi) is 3.78. The molecule has 0 bridgehead atoms. The molecule has 0 aliphatic carbocycles. The zero-order valence-electron chi connectivity index (χ0n) is 7.66. The highest BCUT2D eigenvalue weighted by atomic mass is 19.1. The standard InChI is InChI=1S/C8H10FN3O2/c1-2-14-7(13)5-12-8-10-3-6(9)4-11-8/h3-4H,2,5H2,1H3,(H,10,11,12). The maximum atomic E-state index is 12.4. The van der Waals surface area contributed by atoms with Gasteiger partial charge in [0.25, 0.3) is 0 Å². The van der Waals surface area contributed by atoms with E-state index >= 15 is 0 Å². The Hall–Kier alpha value is -1.72. The second-order valence-electron chi connectivity index (χ2n) is 2.38. The quantitative estimate of drug-likeness (QED) is 0.719. The fraction of sp³-hybridized carbons (Fsp3) is 0.375. The van der Waals surface area contributed by atoms with E-state index in [4.69, 9.17) is 0 Å². The van der Waals surface area contributed by atoms with Crippen LogP contribution in [0.5, 0.6) is 0 Å². The number of esters is 1. The Bertz CT molecular complexity index is 302. The van der Waals surface area contributed by atoms with Crippen LogP contribution in [0, 0.1) is 5.82 Å². The highest BCUT2D eigenvalue weighted by Gasteiger charge is 2.02. The molecule has 0 unspecified atom stereocenters. The summed E-state index contributed by atoms with van der Waals surface area (Å²) in [7, 11) is 0. The maximum absolute atomic E-state index is 12.4. The molecule has 1 aromatic heterocycles. The van der Waals surface area contributed by atoms with E-state index < -0.39 is 11.8 Å². The number of hydrogen-bond donors (Lipinski definition) is 1. The Morgan fingerprint density at radius 2 is 2.21 bits per heavy atom. The molecule has 1 aromatic rings. The fourth-order valence-electron chi connectivity index (χ4n) is 0.767. The maximum Gasteiger partial charge on any atom is 0.325 e. The molecule has 76 valence electrons. The van der Waals surface area contributed by atoms with E-state index in [0.717, 1.165) is 12.4 Å². The van der Waals surface area contributed by atoms with Crippen molar-refractivity contribution in [3.8, 4) is 0 Å². The summed E-state index contributed by atoms with van der Waals surface area (Å²) in [5.74, 6) is -0.730. The lowest BCUT2D eigenvalue weighted by atomic mass is 10.6. The number of halogens is 1. The van der Waals surface area contributed by atoms with E-state index in [2.05, 4.69) is 20.0 Å². The Balaban J connectivity index is 2.38. The molecular formula is C8H10FN3O2. The van der Waals surface area contributed by atoms with Crippen LogP contribution < -0.4 is 5.32 Å². The van der Waals surface area contributed by atoms with Crippen molar-refractivity contribution < 1.29 is 13.9 Å². The van der Waals surface area contributed by atoms with Crippen molar-refractivity contribution in [2.24, 2.45) is 0 Å². The zero-order chi connectivity index (χ0) is 10.4. The molecule has 0 fully saturated rings. The summed E-state index contributed by atoms with van der Waals surface area (Å²) in [5, 5.41) is 2.59. The molecule has 1 heterocycles. The van der Waals surface area contributed by atoms with Crippen LogP contribution in [-0.4, -0.2) is 29.1 Å². The third-order valence-electron chi connectivity index (χ3n) is 1.32. The van der Waals surface area contributed by atoms with E-state index in [-0.39, 0.29) is 12.5 Å². The van der Waals surface area contributed by atoms with Crippen molar-refractivity contribution in [3.63, 3.8) is 0 Å². The number of nitrogens with zero attached hydrogens (tertiary/aromatic N) is 2. The van der Waals surface area contributed by atoms with Gasteiger partial charge in [-0.3, -0.25) is 4.79 Å². The number of nitrogens with one attached hydrogen (secondary N) is 1. The predicted molar refractivity (Wildman–Crippen MR) is 47.1 cm³/mol. The second kappa shape index (κ2) is 5.11. The van der Waals surface area contributed by atoms with Crippen molar-refractivity contribution in [1.29, 1.82) is 0 Å². The predicted octanol–water partition coefficient (Wildman–Crippen LogP) is 0.591. The number of carbonyl (C=O) groups excluding carboxylic acids is 1. The SMILES string of the molecule is CCOC(=O)CNc1ncc(F)cn1. The Labute approximate surface area is 80.3 Å². The van der Waals surface area contributed by atoms with Gasteiger partial charge >= 0.3 is 5.97 Å². The second-order valence-corrected chi connectivity index (χ2v) is 2.38. The summed E-state index contributed by atoms with van der Waals surface area (Å²) in [6.07, 6.45) is 2.03. The number of hydrogen-bond acceptors (Lipinski definition) is 5. The lowest BCUT2D eigenvalue weighted by Gasteiger charge is -2.03. The molecule has 0 aliphatic heterocycles. The topological polar surface area (TPSA) is 64.1 Å². The minimum Gasteiger partial charge on any atom is -0.465 e. The van der Waals surface area contributed by atoms with Crippen LogP contribution in [0.1, 0.15) is 6.92 Å². The monoisotopic (exact) mass is 199 g/mol. The lowest BCUT2D eigenvalue weighted by molar-refractivity contribution is -0.140. The van der Waals surface area contributed by atoms with E-state index in [0.29, 0.717) is 6.61 Å². The molecule has 0 aromatic carbocycles. The Morgan fingerprint density at radius 1 is 1.57 bits per heavy atom. The van der Waals surface area contributed by atoms with E-state index in [1.807, 2.05) is 0 Å². The van der Waals surface area contributed by atoms with Gasteiger partial charge in [-0.1, -0.05) is 0 Å². The minimum atomic E-state index is -0.522. The van der Waals surface area contributed by atoms with Crippen LogP contribution >= 0.6 is 0 Å². The van der Waals surface area contributed by atoms with Gasteiger partial charge in [-0.2, -0.15) is 0 Å². The smallest absolute Gasteiger partial charge is 0.325 e. The van der Waals surface area contributed by atoms with Gasteiger partial charge in [-0.25, -0.2) is 14.4 Å². The van der Waals surface area contributed by atoms with Crippen LogP contribution in [0.3, 0.4) is 0 Å². The highest BCUT2D eigenvalue weighted by molar-refractivity contribution is 5.74. The van der Waals surface area contributed by atoms with Gasteiger partial charge in [-0.05, 0) is 6.92 Å². The van der Waals surface area contributed by atoms with Crippen LogP contribution in [-0.2, 0) is 9.53 Å². The van der Waals surface area contributed by atoms with E-state index in [1.54, 1.807) is 6.92 Å². The molecule has 0 amide bonds. The van der Waals surface area contributed by atoms with Gasteiger partial charge in [0, 0.05) is 0 Å². The summed E-state index contributed by atoms with van der Waals surface area (Å²) < 4.78 is 17.0. The van der Waals surface area contributed by atoms with Crippen molar-refractivity contribution in [2.75, 3.05) is 18.5 Å². The van der Waals surface area contributed by atoms with Gasteiger partial charge < -0.3 is 10.1 Å². The fourth-order valence-corrected chi connectivity index (χ4v) is 0.767. The summed E-state index contributed by atoms with van der Waals surface area (Å²) in [6, 6.07) is 0. The van der Waals surface area contributed by atoms with Gasteiger partial charge in [-0.15, -0.1) is 0 Å². The number of carbonyl (C=O) groups is 1. The summed E-state index contributed by atoms with van der Waals surface area (Å²) in [5.41, 5.74) is 0. The number of ether oxygens (including phenoxy) is 1. The first-order valence-electron chi connectivity index (χ1n) is 4.09. The van der Waals surface area contributed by atoms with E-state index in [1.165, 1.54) is 0 Å². The van der Waals surface area contributed by atoms with Crippen LogP contribution in [0.2, 0.25) is 0 Å². The van der Waals surface area contributed by atoms with Gasteiger partial charge in [0.1, 0.15) is 6.54 Å². The number of rotatable bonds is 4. The van der Waals surface area contributed by atoms with Gasteiger partial charge in [0.05, 0.1) is 19.0 Å². The molecule has 1 rings (SSSR count). The van der Waals surface area contributed by atoms with Crippen LogP contribution in [0.25, 0.3) is 0 Å². The molecular weight excluding hydrogens is 189 g/mol. The third kappa shape index (κ3) is 3.34. The van der Waals surface area contributed by atoms with Crippen molar-refractivity contribution in [1.82, 2.24) is 9.97 Å². The van der Waals surface area contributed by atoms with E-state index in [9.17, 15) is 9.18 Å². The average molecular weight is 199 g/mol. The largest absolute Gasteiger partial charge is 0.465 e. The van der Waals surface area contributed by atoms with Gasteiger partial charge in [0.15, 0.2) is 5.82 Å².